The number of aliphatic carboxylic acids is 1. The molecule has 0 radical (unpaired) electrons. The fraction of sp³-hybridized carbons (Fsp3) is 0.654. The summed E-state index contributed by atoms with van der Waals surface area (Å²) in [5, 5.41) is 30.5. The van der Waals surface area contributed by atoms with Crippen LogP contribution in [0, 0.1) is 29.6 Å². The van der Waals surface area contributed by atoms with E-state index in [1.807, 2.05) is 19.1 Å². The molecule has 0 saturated heterocycles. The van der Waals surface area contributed by atoms with E-state index in [2.05, 4.69) is 39.0 Å². The smallest absolute Gasteiger partial charge is 0.309 e. The first-order valence-electron chi connectivity index (χ1n) is 11.3. The Hall–Kier alpha value is -1.69. The van der Waals surface area contributed by atoms with Gasteiger partial charge in [-0.3, -0.25) is 4.79 Å². The molecular weight excluding hydrogens is 392 g/mol. The van der Waals surface area contributed by atoms with Crippen molar-refractivity contribution < 1.29 is 24.9 Å². The lowest BCUT2D eigenvalue weighted by atomic mass is 9.58. The van der Waals surface area contributed by atoms with Crippen LogP contribution in [-0.4, -0.2) is 46.2 Å². The van der Waals surface area contributed by atoms with Gasteiger partial charge < -0.3 is 20.1 Å². The maximum absolute atomic E-state index is 11.4. The van der Waals surface area contributed by atoms with E-state index < -0.39 is 29.7 Å². The summed E-state index contributed by atoms with van der Waals surface area (Å²) in [4.78, 5) is 11.4. The van der Waals surface area contributed by atoms with Gasteiger partial charge in [0.1, 0.15) is 0 Å². The Balaban J connectivity index is 2.38. The molecule has 1 saturated carbocycles. The second-order valence-electron chi connectivity index (χ2n) is 9.72. The van der Waals surface area contributed by atoms with E-state index in [1.54, 1.807) is 13.8 Å². The van der Waals surface area contributed by atoms with Crippen LogP contribution in [-0.2, 0) is 9.53 Å². The molecule has 0 aliphatic heterocycles. The van der Waals surface area contributed by atoms with Gasteiger partial charge in [0.15, 0.2) is 0 Å². The van der Waals surface area contributed by atoms with E-state index in [9.17, 15) is 20.1 Å². The number of methoxy groups -OCH3 is 1. The first-order chi connectivity index (χ1) is 14.4. The molecule has 2 aliphatic rings. The second-order valence-corrected chi connectivity index (χ2v) is 9.72. The minimum atomic E-state index is -1.07. The van der Waals surface area contributed by atoms with Crippen LogP contribution in [0.1, 0.15) is 54.4 Å². The van der Waals surface area contributed by atoms with Gasteiger partial charge in [-0.1, -0.05) is 41.5 Å². The average Bonchev–Trinajstić information content (AvgIpc) is 2.69. The van der Waals surface area contributed by atoms with E-state index >= 15 is 0 Å². The predicted molar refractivity (Wildman–Crippen MR) is 124 cm³/mol. The molecule has 2 aliphatic carbocycles. The van der Waals surface area contributed by atoms with Gasteiger partial charge in [-0.2, -0.15) is 0 Å². The van der Waals surface area contributed by atoms with Crippen molar-refractivity contribution in [3.63, 3.8) is 0 Å². The van der Waals surface area contributed by atoms with Crippen LogP contribution in [0.15, 0.2) is 47.1 Å². The Labute approximate surface area is 187 Å². The van der Waals surface area contributed by atoms with Gasteiger partial charge in [-0.05, 0) is 77.7 Å². The molecule has 0 heterocycles. The minimum absolute atomic E-state index is 0.193. The van der Waals surface area contributed by atoms with E-state index in [-0.39, 0.29) is 23.7 Å². The lowest BCUT2D eigenvalue weighted by molar-refractivity contribution is -0.144. The van der Waals surface area contributed by atoms with Crippen molar-refractivity contribution >= 4 is 5.97 Å². The zero-order valence-electron chi connectivity index (χ0n) is 20.0. The summed E-state index contributed by atoms with van der Waals surface area (Å²) < 4.78 is 5.43. The van der Waals surface area contributed by atoms with Crippen LogP contribution >= 0.6 is 0 Å². The molecule has 2 rings (SSSR count). The van der Waals surface area contributed by atoms with Crippen molar-refractivity contribution in [2.45, 2.75) is 72.2 Å². The van der Waals surface area contributed by atoms with Crippen LogP contribution in [0.2, 0.25) is 0 Å². The number of aliphatic hydroxyl groups is 2. The summed E-state index contributed by atoms with van der Waals surface area (Å²) in [6.45, 7) is 11.6. The Morgan fingerprint density at radius 3 is 2.55 bits per heavy atom. The van der Waals surface area contributed by atoms with Gasteiger partial charge >= 0.3 is 5.97 Å². The molecule has 174 valence electrons. The van der Waals surface area contributed by atoms with Crippen molar-refractivity contribution in [2.24, 2.45) is 29.6 Å². The molecule has 8 atom stereocenters. The summed E-state index contributed by atoms with van der Waals surface area (Å²) >= 11 is 0. The Kier molecular flexibility index (Phi) is 8.48. The maximum atomic E-state index is 11.4. The van der Waals surface area contributed by atoms with E-state index in [4.69, 9.17) is 4.74 Å². The van der Waals surface area contributed by atoms with Crippen LogP contribution in [0.4, 0.5) is 0 Å². The highest BCUT2D eigenvalue weighted by atomic mass is 16.5. The molecule has 31 heavy (non-hydrogen) atoms. The highest BCUT2D eigenvalue weighted by molar-refractivity contribution is 5.70. The SMILES string of the molecule is C/C=C(\C)[C@@H]1C(C)=C[C@@H]2C[C@](C)(O)[C@H](O)C[C@H]2[C@@H]1/C=C/C=C(\C)[C@@H](OC)[C@@H](C)C(=O)O. The lowest BCUT2D eigenvalue weighted by Crippen LogP contribution is -2.51. The summed E-state index contributed by atoms with van der Waals surface area (Å²) in [6, 6.07) is 0. The first-order valence-corrected chi connectivity index (χ1v) is 11.3. The number of carboxylic acid groups (broad SMARTS) is 1. The number of aliphatic hydroxyl groups excluding tert-OH is 1. The van der Waals surface area contributed by atoms with E-state index in [1.165, 1.54) is 18.3 Å². The van der Waals surface area contributed by atoms with Gasteiger partial charge in [0.2, 0.25) is 0 Å². The molecule has 5 heteroatoms. The van der Waals surface area contributed by atoms with Gasteiger partial charge in [0.25, 0.3) is 0 Å². The number of rotatable bonds is 7. The molecule has 0 spiro atoms. The monoisotopic (exact) mass is 432 g/mol. The van der Waals surface area contributed by atoms with Crippen LogP contribution in [0.3, 0.4) is 0 Å². The largest absolute Gasteiger partial charge is 0.481 e. The first kappa shape index (κ1) is 25.6. The number of fused-ring (bicyclic) bond motifs is 1. The van der Waals surface area contributed by atoms with E-state index in [0.717, 1.165) is 5.57 Å². The van der Waals surface area contributed by atoms with Crippen LogP contribution in [0.25, 0.3) is 0 Å². The van der Waals surface area contributed by atoms with Crippen LogP contribution < -0.4 is 0 Å². The highest BCUT2D eigenvalue weighted by Gasteiger charge is 2.48. The van der Waals surface area contributed by atoms with Gasteiger partial charge in [-0.25, -0.2) is 0 Å². The summed E-state index contributed by atoms with van der Waals surface area (Å²) in [5.74, 6) is -0.613. The van der Waals surface area contributed by atoms with Crippen molar-refractivity contribution in [2.75, 3.05) is 7.11 Å². The third kappa shape index (κ3) is 5.57. The van der Waals surface area contributed by atoms with Crippen molar-refractivity contribution in [3.05, 3.63) is 47.1 Å². The molecule has 1 fully saturated rings. The fourth-order valence-electron chi connectivity index (χ4n) is 5.51. The van der Waals surface area contributed by atoms with Crippen LogP contribution in [0.5, 0.6) is 0 Å². The maximum Gasteiger partial charge on any atom is 0.309 e. The molecule has 0 aromatic carbocycles. The van der Waals surface area contributed by atoms with E-state index in [0.29, 0.717) is 12.8 Å². The van der Waals surface area contributed by atoms with Gasteiger partial charge in [0, 0.05) is 13.0 Å². The fourth-order valence-corrected chi connectivity index (χ4v) is 5.51. The zero-order chi connectivity index (χ0) is 23.5. The van der Waals surface area contributed by atoms with Crippen molar-refractivity contribution in [1.82, 2.24) is 0 Å². The normalized spacial score (nSPS) is 36.7. The summed E-state index contributed by atoms with van der Waals surface area (Å²) in [7, 11) is 1.53. The summed E-state index contributed by atoms with van der Waals surface area (Å²) in [5.41, 5.74) is 2.39. The Bertz CT molecular complexity index is 773. The lowest BCUT2D eigenvalue weighted by Gasteiger charge is -2.49. The molecule has 0 amide bonds. The topological polar surface area (TPSA) is 87.0 Å². The molecule has 5 nitrogen and oxygen atoms in total. The molecular formula is C26H40O5. The quantitative estimate of drug-likeness (QED) is 0.407. The summed E-state index contributed by atoms with van der Waals surface area (Å²) in [6.07, 6.45) is 10.5. The Morgan fingerprint density at radius 1 is 1.35 bits per heavy atom. The third-order valence-electron chi connectivity index (χ3n) is 7.44. The minimum Gasteiger partial charge on any atom is -0.481 e. The average molecular weight is 433 g/mol. The highest BCUT2D eigenvalue weighted by Crippen LogP contribution is 2.50. The van der Waals surface area contributed by atoms with Gasteiger partial charge in [0.05, 0.1) is 23.7 Å². The van der Waals surface area contributed by atoms with Gasteiger partial charge in [-0.15, -0.1) is 0 Å². The molecule has 3 N–H and O–H groups in total. The zero-order valence-corrected chi connectivity index (χ0v) is 20.0. The third-order valence-corrected chi connectivity index (χ3v) is 7.44. The number of carbonyl (C=O) groups is 1. The Morgan fingerprint density at radius 2 is 2.00 bits per heavy atom. The second kappa shape index (κ2) is 10.3. The van der Waals surface area contributed by atoms with Crippen molar-refractivity contribution in [3.8, 4) is 0 Å². The number of hydrogen-bond acceptors (Lipinski definition) is 4. The number of carboxylic acids is 1. The molecule has 0 bridgehead atoms. The number of hydrogen-bond donors (Lipinski definition) is 3. The molecule has 0 unspecified atom stereocenters. The molecule has 0 aromatic rings. The van der Waals surface area contributed by atoms with Crippen molar-refractivity contribution in [1.29, 1.82) is 0 Å². The molecule has 0 aromatic heterocycles. The predicted octanol–water partition coefficient (Wildman–Crippen LogP) is 4.52. The number of allylic oxidation sites excluding steroid dienone is 7. The number of ether oxygens (including phenoxy) is 1. The standard InChI is InChI=1S/C26H40O5/c1-8-15(2)23-17(4)12-19-14-26(6,30)22(27)13-21(19)20(23)11-9-10-16(3)24(31-7)18(5)25(28)29/h8-12,18-24,27,30H,13-14H2,1-7H3,(H,28,29)/b11-9+,15-8+,16-10+/t18-,19-,20+,21-,22-,23-,24-,26+/m1/s1.